The van der Waals surface area contributed by atoms with E-state index in [9.17, 15) is 13.6 Å². The van der Waals surface area contributed by atoms with E-state index in [4.69, 9.17) is 23.2 Å². The summed E-state index contributed by atoms with van der Waals surface area (Å²) in [7, 11) is 0. The van der Waals surface area contributed by atoms with Gasteiger partial charge in [-0.2, -0.15) is 5.10 Å². The summed E-state index contributed by atoms with van der Waals surface area (Å²) >= 11 is 12.1. The third kappa shape index (κ3) is 4.71. The fourth-order valence-electron chi connectivity index (χ4n) is 3.48. The van der Waals surface area contributed by atoms with Crippen molar-refractivity contribution in [2.45, 2.75) is 13.0 Å². The number of alkyl halides is 2. The van der Waals surface area contributed by atoms with Crippen LogP contribution in [0, 0.1) is 0 Å². The molecule has 0 aliphatic carbocycles. The molecule has 5 aromatic rings. The summed E-state index contributed by atoms with van der Waals surface area (Å²) in [5.41, 5.74) is 1.30. The van der Waals surface area contributed by atoms with E-state index in [1.807, 2.05) is 0 Å². The fourth-order valence-corrected chi connectivity index (χ4v) is 3.95. The molecule has 35 heavy (non-hydrogen) atoms. The Balaban J connectivity index is 1.43. The Labute approximate surface area is 207 Å². The van der Waals surface area contributed by atoms with Crippen molar-refractivity contribution >= 4 is 40.7 Å². The molecule has 176 valence electrons. The minimum Gasteiger partial charge on any atom is -0.289 e. The van der Waals surface area contributed by atoms with Gasteiger partial charge < -0.3 is 0 Å². The van der Waals surface area contributed by atoms with Crippen LogP contribution in [0.5, 0.6) is 0 Å². The van der Waals surface area contributed by atoms with E-state index in [0.717, 1.165) is 10.1 Å². The Kier molecular flexibility index (Phi) is 6.14. The molecule has 0 aliphatic heterocycles. The number of amides is 1. The van der Waals surface area contributed by atoms with Gasteiger partial charge in [0.2, 0.25) is 5.95 Å². The first-order valence-corrected chi connectivity index (χ1v) is 11.0. The van der Waals surface area contributed by atoms with Crippen LogP contribution >= 0.6 is 23.2 Å². The predicted octanol–water partition coefficient (Wildman–Crippen LogP) is 5.53. The highest BCUT2D eigenvalue weighted by Gasteiger charge is 2.22. The smallest absolute Gasteiger partial charge is 0.280 e. The lowest BCUT2D eigenvalue weighted by Crippen LogP contribution is -2.14. The second-order valence-corrected chi connectivity index (χ2v) is 8.33. The summed E-state index contributed by atoms with van der Waals surface area (Å²) < 4.78 is 30.0. The molecule has 0 aliphatic rings. The number of carbonyl (C=O) groups excluding carboxylic acids is 1. The molecule has 1 N–H and O–H groups in total. The van der Waals surface area contributed by atoms with Crippen molar-refractivity contribution in [3.8, 4) is 11.3 Å². The van der Waals surface area contributed by atoms with Crippen LogP contribution in [0.3, 0.4) is 0 Å². The maximum absolute atomic E-state index is 13.8. The Morgan fingerprint density at radius 3 is 2.63 bits per heavy atom. The first-order valence-electron chi connectivity index (χ1n) is 10.3. The molecule has 0 atom stereocenters. The van der Waals surface area contributed by atoms with Gasteiger partial charge in [0.15, 0.2) is 5.65 Å². The zero-order valence-corrected chi connectivity index (χ0v) is 19.3. The van der Waals surface area contributed by atoms with Gasteiger partial charge in [-0.3, -0.25) is 10.1 Å². The van der Waals surface area contributed by atoms with Crippen LogP contribution in [0.1, 0.15) is 28.0 Å². The molecular formula is C23H15Cl2F2N7O. The monoisotopic (exact) mass is 513 g/mol. The molecule has 8 nitrogen and oxygen atoms in total. The van der Waals surface area contributed by atoms with Gasteiger partial charge in [0.25, 0.3) is 12.3 Å². The summed E-state index contributed by atoms with van der Waals surface area (Å²) in [6.07, 6.45) is -0.212. The minimum atomic E-state index is -2.82. The molecular weight excluding hydrogens is 499 g/mol. The molecule has 2 aromatic carbocycles. The van der Waals surface area contributed by atoms with Crippen LogP contribution in [0.25, 0.3) is 16.9 Å². The summed E-state index contributed by atoms with van der Waals surface area (Å²) in [6, 6.07) is 15.2. The number of aromatic nitrogens is 6. The lowest BCUT2D eigenvalue weighted by atomic mass is 10.1. The molecule has 0 saturated heterocycles. The molecule has 0 saturated carbocycles. The zero-order valence-electron chi connectivity index (χ0n) is 17.7. The maximum Gasteiger partial charge on any atom is 0.280 e. The normalized spacial score (nSPS) is 11.3. The number of hydrogen-bond donors (Lipinski definition) is 1. The highest BCUT2D eigenvalue weighted by molar-refractivity contribution is 6.35. The van der Waals surface area contributed by atoms with Crippen molar-refractivity contribution in [3.63, 3.8) is 0 Å². The summed E-state index contributed by atoms with van der Waals surface area (Å²) in [5, 5.41) is 11.7. The van der Waals surface area contributed by atoms with Crippen molar-refractivity contribution in [1.29, 1.82) is 0 Å². The summed E-state index contributed by atoms with van der Waals surface area (Å²) in [4.78, 5) is 21.5. The number of halogens is 4. The molecule has 0 fully saturated rings. The first-order chi connectivity index (χ1) is 16.9. The van der Waals surface area contributed by atoms with Crippen molar-refractivity contribution in [3.05, 3.63) is 94.0 Å². The Morgan fingerprint density at radius 2 is 1.89 bits per heavy atom. The summed E-state index contributed by atoms with van der Waals surface area (Å²) in [6.45, 7) is 0.301. The van der Waals surface area contributed by atoms with Crippen LogP contribution in [0.15, 0.2) is 67.1 Å². The van der Waals surface area contributed by atoms with E-state index in [2.05, 4.69) is 25.5 Å². The van der Waals surface area contributed by atoms with E-state index in [1.54, 1.807) is 48.5 Å². The predicted molar refractivity (Wildman–Crippen MR) is 127 cm³/mol. The maximum atomic E-state index is 13.8. The fraction of sp³-hybridized carbons (Fsp3) is 0.0870. The molecule has 12 heteroatoms. The molecule has 0 spiro atoms. The number of rotatable bonds is 6. The quantitative estimate of drug-likeness (QED) is 0.322. The topological polar surface area (TPSA) is 90.0 Å². The van der Waals surface area contributed by atoms with E-state index in [0.29, 0.717) is 27.8 Å². The van der Waals surface area contributed by atoms with Gasteiger partial charge in [-0.05, 0) is 23.8 Å². The molecule has 5 rings (SSSR count). The number of nitrogens with one attached hydrogen (secondary N) is 1. The lowest BCUT2D eigenvalue weighted by molar-refractivity contribution is 0.102. The van der Waals surface area contributed by atoms with Gasteiger partial charge in [0, 0.05) is 15.6 Å². The molecule has 1 amide bonds. The Bertz CT molecular complexity index is 1540. The van der Waals surface area contributed by atoms with Gasteiger partial charge in [-0.1, -0.05) is 59.6 Å². The second-order valence-electron chi connectivity index (χ2n) is 7.48. The highest BCUT2D eigenvalue weighted by Crippen LogP contribution is 2.27. The van der Waals surface area contributed by atoms with Crippen molar-refractivity contribution in [2.24, 2.45) is 0 Å². The van der Waals surface area contributed by atoms with Crippen LogP contribution in [0.2, 0.25) is 10.0 Å². The van der Waals surface area contributed by atoms with Gasteiger partial charge >= 0.3 is 0 Å². The lowest BCUT2D eigenvalue weighted by Gasteiger charge is -2.08. The number of nitrogens with zero attached hydrogens (tertiary/aromatic N) is 6. The molecule has 0 bridgehead atoms. The van der Waals surface area contributed by atoms with E-state index >= 15 is 0 Å². The van der Waals surface area contributed by atoms with Gasteiger partial charge in [-0.25, -0.2) is 27.9 Å². The van der Waals surface area contributed by atoms with Crippen LogP contribution in [-0.2, 0) is 6.54 Å². The average Bonchev–Trinajstić information content (AvgIpc) is 3.47. The van der Waals surface area contributed by atoms with Crippen molar-refractivity contribution in [2.75, 3.05) is 5.32 Å². The molecule has 0 radical (unpaired) electrons. The van der Waals surface area contributed by atoms with E-state index in [1.165, 1.54) is 23.3 Å². The number of fused-ring (bicyclic) bond motifs is 1. The summed E-state index contributed by atoms with van der Waals surface area (Å²) in [5.74, 6) is -0.618. The Hall–Kier alpha value is -3.89. The number of anilines is 1. The van der Waals surface area contributed by atoms with Crippen LogP contribution in [0.4, 0.5) is 14.7 Å². The van der Waals surface area contributed by atoms with Gasteiger partial charge in [0.05, 0.1) is 18.4 Å². The first kappa shape index (κ1) is 22.9. The molecule has 0 unspecified atom stereocenters. The SMILES string of the molecule is O=C(Nc1ncn(Cc2ccc(Cl)cc2Cl)n1)c1cnn2c(C(F)F)cc(-c3ccccc3)nc12. The van der Waals surface area contributed by atoms with Crippen molar-refractivity contribution in [1.82, 2.24) is 29.4 Å². The molecule has 3 aromatic heterocycles. The second kappa shape index (κ2) is 9.40. The largest absolute Gasteiger partial charge is 0.289 e. The Morgan fingerprint density at radius 1 is 1.09 bits per heavy atom. The van der Waals surface area contributed by atoms with Crippen LogP contribution < -0.4 is 5.32 Å². The van der Waals surface area contributed by atoms with Crippen molar-refractivity contribution < 1.29 is 13.6 Å². The molecule has 3 heterocycles. The highest BCUT2D eigenvalue weighted by atomic mass is 35.5. The third-order valence-corrected chi connectivity index (χ3v) is 5.73. The van der Waals surface area contributed by atoms with Gasteiger partial charge in [0.1, 0.15) is 17.6 Å². The number of hydrogen-bond acceptors (Lipinski definition) is 5. The minimum absolute atomic E-state index is 0.00165. The standard InChI is InChI=1S/C23H15Cl2F2N7O/c24-15-7-6-14(17(25)8-15)11-33-12-28-23(32-33)31-22(35)16-10-29-34-19(20(26)27)9-18(30-21(16)34)13-4-2-1-3-5-13/h1-10,12,20H,11H2,(H,31,32,35). The van der Waals surface area contributed by atoms with E-state index < -0.39 is 12.3 Å². The number of carbonyl (C=O) groups is 1. The van der Waals surface area contributed by atoms with E-state index in [-0.39, 0.29) is 22.9 Å². The number of benzene rings is 2. The zero-order chi connectivity index (χ0) is 24.5. The third-order valence-electron chi connectivity index (χ3n) is 5.15. The average molecular weight is 514 g/mol. The van der Waals surface area contributed by atoms with Crippen LogP contribution in [-0.4, -0.2) is 35.3 Å². The van der Waals surface area contributed by atoms with Gasteiger partial charge in [-0.15, -0.1) is 5.10 Å².